The third-order valence-electron chi connectivity index (χ3n) is 7.68. The van der Waals surface area contributed by atoms with Crippen LogP contribution in [0.1, 0.15) is 81.9 Å². The van der Waals surface area contributed by atoms with E-state index in [1.165, 1.54) is 38.2 Å². The predicted molar refractivity (Wildman–Crippen MR) is 146 cm³/mol. The Balaban J connectivity index is 1.40. The summed E-state index contributed by atoms with van der Waals surface area (Å²) in [4.78, 5) is 12.9. The standard InChI is InChI=1S/C29H38Cl2FN3O/c1-20-14-15-35(34-29(36)18-21-10-12-26(30)27(31)17-21)25(16-20)11-13-28(22-6-5-7-23(32)19-22)33-24-8-3-2-4-9-24/h5-7,10,12,17,19-20,24-25,28,33H,2-4,8-9,11,13-16,18H2,1H3,(H,34,36)/t20-,25-,28-/m0/s1. The Hall–Kier alpha value is -1.66. The first-order chi connectivity index (χ1) is 17.4. The van der Waals surface area contributed by atoms with Crippen molar-refractivity contribution in [1.29, 1.82) is 0 Å². The Bertz CT molecular complexity index is 1010. The lowest BCUT2D eigenvalue weighted by Crippen LogP contribution is -2.53. The molecule has 2 fully saturated rings. The maximum Gasteiger partial charge on any atom is 0.238 e. The fraction of sp³-hybridized carbons (Fsp3) is 0.552. The first kappa shape index (κ1) is 27.4. The van der Waals surface area contributed by atoms with Crippen molar-refractivity contribution in [1.82, 2.24) is 15.8 Å². The highest BCUT2D eigenvalue weighted by atomic mass is 35.5. The number of rotatable bonds is 9. The Kier molecular flexibility index (Phi) is 10.1. The topological polar surface area (TPSA) is 44.4 Å². The second-order valence-electron chi connectivity index (χ2n) is 10.6. The van der Waals surface area contributed by atoms with Gasteiger partial charge in [0.05, 0.1) is 16.5 Å². The molecule has 7 heteroatoms. The van der Waals surface area contributed by atoms with Crippen LogP contribution < -0.4 is 10.7 Å². The van der Waals surface area contributed by atoms with Crippen molar-refractivity contribution in [2.75, 3.05) is 6.54 Å². The molecule has 1 aliphatic heterocycles. The molecule has 4 rings (SSSR count). The molecule has 1 saturated carbocycles. The lowest BCUT2D eigenvalue weighted by molar-refractivity contribution is -0.127. The molecule has 1 aliphatic carbocycles. The minimum absolute atomic E-state index is 0.0463. The predicted octanol–water partition coefficient (Wildman–Crippen LogP) is 7.25. The van der Waals surface area contributed by atoms with Crippen molar-refractivity contribution in [3.8, 4) is 0 Å². The van der Waals surface area contributed by atoms with Crippen LogP contribution in [-0.4, -0.2) is 29.5 Å². The molecule has 2 aromatic rings. The van der Waals surface area contributed by atoms with Crippen LogP contribution >= 0.6 is 23.2 Å². The molecule has 2 aliphatic rings. The van der Waals surface area contributed by atoms with Gasteiger partial charge in [-0.3, -0.25) is 10.2 Å². The van der Waals surface area contributed by atoms with Crippen LogP contribution in [-0.2, 0) is 11.2 Å². The molecule has 196 valence electrons. The summed E-state index contributed by atoms with van der Waals surface area (Å²) in [6.45, 7) is 3.12. The summed E-state index contributed by atoms with van der Waals surface area (Å²) in [5.41, 5.74) is 5.02. The third kappa shape index (κ3) is 7.92. The molecule has 3 atom stereocenters. The summed E-state index contributed by atoms with van der Waals surface area (Å²) in [6, 6.07) is 13.2. The lowest BCUT2D eigenvalue weighted by Gasteiger charge is -2.39. The summed E-state index contributed by atoms with van der Waals surface area (Å²) in [6.07, 6.45) is 10.4. The first-order valence-electron chi connectivity index (χ1n) is 13.4. The number of carbonyl (C=O) groups is 1. The third-order valence-corrected chi connectivity index (χ3v) is 8.42. The highest BCUT2D eigenvalue weighted by Gasteiger charge is 2.29. The summed E-state index contributed by atoms with van der Waals surface area (Å²) >= 11 is 12.1. The molecular formula is C29H38Cl2FN3O. The maximum absolute atomic E-state index is 14.1. The van der Waals surface area contributed by atoms with Gasteiger partial charge in [0, 0.05) is 24.7 Å². The van der Waals surface area contributed by atoms with Crippen LogP contribution in [0.3, 0.4) is 0 Å². The van der Waals surface area contributed by atoms with Crippen LogP contribution in [0.25, 0.3) is 0 Å². The number of nitrogens with zero attached hydrogens (tertiary/aromatic N) is 1. The van der Waals surface area contributed by atoms with Crippen LogP contribution in [0, 0.1) is 11.7 Å². The molecule has 1 heterocycles. The fourth-order valence-electron chi connectivity index (χ4n) is 5.69. The van der Waals surface area contributed by atoms with Gasteiger partial charge in [-0.2, -0.15) is 0 Å². The van der Waals surface area contributed by atoms with E-state index in [0.717, 1.165) is 43.4 Å². The zero-order valence-corrected chi connectivity index (χ0v) is 22.6. The number of benzene rings is 2. The second kappa shape index (κ2) is 13.2. The van der Waals surface area contributed by atoms with Gasteiger partial charge in [0.1, 0.15) is 5.82 Å². The van der Waals surface area contributed by atoms with Gasteiger partial charge in [0.15, 0.2) is 0 Å². The zero-order chi connectivity index (χ0) is 25.5. The van der Waals surface area contributed by atoms with E-state index in [2.05, 4.69) is 22.7 Å². The van der Waals surface area contributed by atoms with E-state index in [4.69, 9.17) is 23.2 Å². The van der Waals surface area contributed by atoms with Gasteiger partial charge >= 0.3 is 0 Å². The summed E-state index contributed by atoms with van der Waals surface area (Å²) in [7, 11) is 0. The number of hydrogen-bond acceptors (Lipinski definition) is 3. The number of amides is 1. The molecule has 1 saturated heterocycles. The van der Waals surface area contributed by atoms with E-state index in [0.29, 0.717) is 22.0 Å². The molecular weight excluding hydrogens is 496 g/mol. The van der Waals surface area contributed by atoms with Gasteiger partial charge < -0.3 is 5.32 Å². The van der Waals surface area contributed by atoms with Crippen LogP contribution in [0.15, 0.2) is 42.5 Å². The van der Waals surface area contributed by atoms with E-state index in [1.807, 2.05) is 12.1 Å². The Morgan fingerprint density at radius 3 is 2.64 bits per heavy atom. The molecule has 0 bridgehead atoms. The molecule has 0 aromatic heterocycles. The van der Waals surface area contributed by atoms with Gasteiger partial charge in [-0.05, 0) is 79.8 Å². The van der Waals surface area contributed by atoms with E-state index in [1.54, 1.807) is 24.3 Å². The van der Waals surface area contributed by atoms with Crippen LogP contribution in [0.5, 0.6) is 0 Å². The first-order valence-corrected chi connectivity index (χ1v) is 14.1. The minimum Gasteiger partial charge on any atom is -0.307 e. The molecule has 4 nitrogen and oxygen atoms in total. The van der Waals surface area contributed by atoms with Crippen LogP contribution in [0.2, 0.25) is 10.0 Å². The van der Waals surface area contributed by atoms with Gasteiger partial charge in [0.25, 0.3) is 0 Å². The average molecular weight is 535 g/mol. The van der Waals surface area contributed by atoms with Crippen molar-refractivity contribution in [3.63, 3.8) is 0 Å². The summed E-state index contributed by atoms with van der Waals surface area (Å²) in [5, 5.41) is 6.93. The van der Waals surface area contributed by atoms with Crippen molar-refractivity contribution < 1.29 is 9.18 Å². The SMILES string of the molecule is C[C@H]1CCN(NC(=O)Cc2ccc(Cl)c(Cl)c2)[C@@H](CC[C@H](NC2CCCCC2)c2cccc(F)c2)C1. The molecule has 2 N–H and O–H groups in total. The molecule has 0 unspecified atom stereocenters. The minimum atomic E-state index is -0.189. The number of carbonyl (C=O) groups excluding carboxylic acids is 1. The summed E-state index contributed by atoms with van der Waals surface area (Å²) in [5.74, 6) is 0.373. The van der Waals surface area contributed by atoms with E-state index < -0.39 is 0 Å². The zero-order valence-electron chi connectivity index (χ0n) is 21.1. The summed E-state index contributed by atoms with van der Waals surface area (Å²) < 4.78 is 14.1. The van der Waals surface area contributed by atoms with E-state index in [-0.39, 0.29) is 30.2 Å². The molecule has 0 spiro atoms. The van der Waals surface area contributed by atoms with E-state index >= 15 is 0 Å². The lowest BCUT2D eigenvalue weighted by atomic mass is 9.88. The Morgan fingerprint density at radius 2 is 1.89 bits per heavy atom. The van der Waals surface area contributed by atoms with Gasteiger partial charge in [0.2, 0.25) is 5.91 Å². The fourth-order valence-corrected chi connectivity index (χ4v) is 6.01. The molecule has 2 aromatic carbocycles. The number of nitrogens with one attached hydrogen (secondary N) is 2. The monoisotopic (exact) mass is 533 g/mol. The number of halogens is 3. The molecule has 1 amide bonds. The highest BCUT2D eigenvalue weighted by Crippen LogP contribution is 2.30. The number of piperidine rings is 1. The Labute approximate surface area is 224 Å². The smallest absolute Gasteiger partial charge is 0.238 e. The van der Waals surface area contributed by atoms with Gasteiger partial charge in [-0.15, -0.1) is 0 Å². The second-order valence-corrected chi connectivity index (χ2v) is 11.4. The van der Waals surface area contributed by atoms with Crippen molar-refractivity contribution >= 4 is 29.1 Å². The van der Waals surface area contributed by atoms with Gasteiger partial charge in [-0.1, -0.05) is 67.6 Å². The average Bonchev–Trinajstić information content (AvgIpc) is 2.86. The van der Waals surface area contributed by atoms with Crippen LogP contribution in [0.4, 0.5) is 4.39 Å². The number of hydrazine groups is 1. The van der Waals surface area contributed by atoms with Crippen molar-refractivity contribution in [3.05, 3.63) is 69.5 Å². The normalized spacial score (nSPS) is 22.3. The van der Waals surface area contributed by atoms with Crippen molar-refractivity contribution in [2.45, 2.75) is 89.3 Å². The Morgan fingerprint density at radius 1 is 1.08 bits per heavy atom. The maximum atomic E-state index is 14.1. The molecule has 36 heavy (non-hydrogen) atoms. The quantitative estimate of drug-likeness (QED) is 0.356. The van der Waals surface area contributed by atoms with E-state index in [9.17, 15) is 9.18 Å². The largest absolute Gasteiger partial charge is 0.307 e. The van der Waals surface area contributed by atoms with Crippen molar-refractivity contribution in [2.24, 2.45) is 5.92 Å². The molecule has 0 radical (unpaired) electrons. The number of hydrogen-bond donors (Lipinski definition) is 2. The highest BCUT2D eigenvalue weighted by molar-refractivity contribution is 6.42. The van der Waals surface area contributed by atoms with Gasteiger partial charge in [-0.25, -0.2) is 9.40 Å².